The predicted octanol–water partition coefficient (Wildman–Crippen LogP) is 6.26. The maximum absolute atomic E-state index is 12.2. The third-order valence-electron chi connectivity index (χ3n) is 3.48. The fourth-order valence-electron chi connectivity index (χ4n) is 2.12. The molecule has 0 saturated carbocycles. The van der Waals surface area contributed by atoms with E-state index in [4.69, 9.17) is 4.74 Å². The summed E-state index contributed by atoms with van der Waals surface area (Å²) < 4.78 is 6.96. The van der Waals surface area contributed by atoms with E-state index in [1.807, 2.05) is 0 Å². The van der Waals surface area contributed by atoms with Crippen LogP contribution in [0.2, 0.25) is 0 Å². The second-order valence-corrected chi connectivity index (χ2v) is 8.68. The van der Waals surface area contributed by atoms with E-state index in [1.165, 1.54) is 11.3 Å². The summed E-state index contributed by atoms with van der Waals surface area (Å²) in [6.07, 6.45) is 4.27. The number of amides is 1. The lowest BCUT2D eigenvalue weighted by Crippen LogP contribution is -2.11. The van der Waals surface area contributed by atoms with Gasteiger partial charge in [0.15, 0.2) is 0 Å². The lowest BCUT2D eigenvalue weighted by Gasteiger charge is -2.06. The number of thiophene rings is 1. The number of rotatable bonds is 8. The van der Waals surface area contributed by atoms with Crippen LogP contribution in [-0.2, 0) is 4.74 Å². The Bertz CT molecular complexity index is 709. The minimum absolute atomic E-state index is 0.192. The zero-order chi connectivity index (χ0) is 18.2. The Hall–Kier alpha value is -1.18. The summed E-state index contributed by atoms with van der Waals surface area (Å²) in [5.41, 5.74) is 1.11. The number of unbranched alkanes of at least 4 members (excludes halogenated alkanes) is 3. The van der Waals surface area contributed by atoms with Crippen LogP contribution in [0.25, 0.3) is 0 Å². The first-order valence-electron chi connectivity index (χ1n) is 8.04. The van der Waals surface area contributed by atoms with Crippen molar-refractivity contribution >= 4 is 60.8 Å². The van der Waals surface area contributed by atoms with Gasteiger partial charge in [0, 0.05) is 10.2 Å². The van der Waals surface area contributed by atoms with Crippen molar-refractivity contribution in [2.45, 2.75) is 32.6 Å². The molecule has 0 bridgehead atoms. The van der Waals surface area contributed by atoms with E-state index in [1.54, 1.807) is 30.3 Å². The van der Waals surface area contributed by atoms with Gasteiger partial charge in [-0.1, -0.05) is 26.2 Å². The number of carbonyl (C=O) groups is 2. The van der Waals surface area contributed by atoms with Gasteiger partial charge in [0.25, 0.3) is 5.91 Å². The maximum Gasteiger partial charge on any atom is 0.338 e. The minimum Gasteiger partial charge on any atom is -0.462 e. The molecule has 0 unspecified atom stereocenters. The van der Waals surface area contributed by atoms with E-state index in [0.717, 1.165) is 33.9 Å². The van der Waals surface area contributed by atoms with Gasteiger partial charge >= 0.3 is 5.97 Å². The fourth-order valence-corrected chi connectivity index (χ4v) is 4.05. The van der Waals surface area contributed by atoms with Crippen LogP contribution in [0.5, 0.6) is 0 Å². The zero-order valence-corrected chi connectivity index (χ0v) is 17.8. The molecule has 0 spiro atoms. The van der Waals surface area contributed by atoms with E-state index < -0.39 is 0 Å². The van der Waals surface area contributed by atoms with Crippen LogP contribution in [0.3, 0.4) is 0 Å². The molecule has 0 saturated heterocycles. The molecule has 0 atom stereocenters. The van der Waals surface area contributed by atoms with Crippen LogP contribution in [0.4, 0.5) is 5.69 Å². The van der Waals surface area contributed by atoms with Gasteiger partial charge in [0.1, 0.15) is 0 Å². The van der Waals surface area contributed by atoms with E-state index >= 15 is 0 Å². The van der Waals surface area contributed by atoms with Crippen molar-refractivity contribution in [1.29, 1.82) is 0 Å². The molecule has 134 valence electrons. The number of ether oxygens (including phenoxy) is 1. The summed E-state index contributed by atoms with van der Waals surface area (Å²) >= 11 is 8.08. The first-order valence-corrected chi connectivity index (χ1v) is 10.4. The number of halogens is 2. The Morgan fingerprint density at radius 1 is 1.12 bits per heavy atom. The Morgan fingerprint density at radius 3 is 2.44 bits per heavy atom. The topological polar surface area (TPSA) is 55.4 Å². The van der Waals surface area contributed by atoms with Gasteiger partial charge in [-0.05, 0) is 68.6 Å². The van der Waals surface area contributed by atoms with Crippen molar-refractivity contribution in [3.8, 4) is 0 Å². The van der Waals surface area contributed by atoms with Gasteiger partial charge in [0.05, 0.1) is 20.8 Å². The number of nitrogens with one attached hydrogen (secondary N) is 1. The van der Waals surface area contributed by atoms with Crippen LogP contribution in [0.15, 0.2) is 38.6 Å². The number of hydrogen-bond donors (Lipinski definition) is 1. The van der Waals surface area contributed by atoms with E-state index in [2.05, 4.69) is 44.1 Å². The smallest absolute Gasteiger partial charge is 0.338 e. The highest BCUT2D eigenvalue weighted by atomic mass is 79.9. The van der Waals surface area contributed by atoms with Crippen molar-refractivity contribution in [1.82, 2.24) is 0 Å². The standard InChI is InChI=1S/C18H19Br2NO3S/c1-2-3-4-5-10-24-18(23)12-6-8-13(9-7-12)21-17(22)15-11-14(19)16(20)25-15/h6-9,11H,2-5,10H2,1H3,(H,21,22). The van der Waals surface area contributed by atoms with Gasteiger partial charge in [-0.25, -0.2) is 4.79 Å². The van der Waals surface area contributed by atoms with Crippen LogP contribution in [0, 0.1) is 0 Å². The molecular weight excluding hydrogens is 470 g/mol. The van der Waals surface area contributed by atoms with Crippen molar-refractivity contribution in [2.75, 3.05) is 11.9 Å². The second kappa shape index (κ2) is 10.1. The third kappa shape index (κ3) is 6.24. The lowest BCUT2D eigenvalue weighted by atomic mass is 10.2. The van der Waals surface area contributed by atoms with E-state index in [9.17, 15) is 9.59 Å². The average Bonchev–Trinajstić information content (AvgIpc) is 2.94. The Balaban J connectivity index is 1.86. The molecule has 0 aliphatic heterocycles. The number of esters is 1. The van der Waals surface area contributed by atoms with Gasteiger partial charge in [0.2, 0.25) is 0 Å². The van der Waals surface area contributed by atoms with Gasteiger partial charge < -0.3 is 10.1 Å². The number of benzene rings is 1. The molecule has 0 aliphatic carbocycles. The van der Waals surface area contributed by atoms with Crippen LogP contribution in [-0.4, -0.2) is 18.5 Å². The molecule has 7 heteroatoms. The molecule has 1 amide bonds. The summed E-state index contributed by atoms with van der Waals surface area (Å²) in [7, 11) is 0. The van der Waals surface area contributed by atoms with Crippen LogP contribution in [0.1, 0.15) is 52.6 Å². The zero-order valence-electron chi connectivity index (χ0n) is 13.8. The SMILES string of the molecule is CCCCCCOC(=O)c1ccc(NC(=O)c2cc(Br)c(Br)s2)cc1. The third-order valence-corrected chi connectivity index (χ3v) is 6.73. The summed E-state index contributed by atoms with van der Waals surface area (Å²) in [5.74, 6) is -0.525. The Kier molecular flexibility index (Phi) is 8.12. The monoisotopic (exact) mass is 487 g/mol. The summed E-state index contributed by atoms with van der Waals surface area (Å²) in [6, 6.07) is 8.47. The normalized spacial score (nSPS) is 10.5. The average molecular weight is 489 g/mol. The highest BCUT2D eigenvalue weighted by Crippen LogP contribution is 2.32. The van der Waals surface area contributed by atoms with Crippen LogP contribution < -0.4 is 5.32 Å². The molecular formula is C18H19Br2NO3S. The molecule has 2 rings (SSSR count). The largest absolute Gasteiger partial charge is 0.462 e. The van der Waals surface area contributed by atoms with E-state index in [-0.39, 0.29) is 11.9 Å². The van der Waals surface area contributed by atoms with Gasteiger partial charge in [-0.2, -0.15) is 0 Å². The Morgan fingerprint density at radius 2 is 1.84 bits per heavy atom. The molecule has 1 aromatic heterocycles. The first kappa shape index (κ1) is 20.1. The van der Waals surface area contributed by atoms with Gasteiger partial charge in [-0.3, -0.25) is 4.79 Å². The molecule has 4 nitrogen and oxygen atoms in total. The second-order valence-electron chi connectivity index (χ2n) is 5.46. The highest BCUT2D eigenvalue weighted by Gasteiger charge is 2.13. The van der Waals surface area contributed by atoms with E-state index in [0.29, 0.717) is 22.7 Å². The maximum atomic E-state index is 12.2. The van der Waals surface area contributed by atoms with Crippen molar-refractivity contribution in [3.63, 3.8) is 0 Å². The lowest BCUT2D eigenvalue weighted by molar-refractivity contribution is 0.0498. The molecule has 0 fully saturated rings. The quantitative estimate of drug-likeness (QED) is 0.352. The molecule has 0 aliphatic rings. The Labute approximate surface area is 168 Å². The van der Waals surface area contributed by atoms with Crippen molar-refractivity contribution in [3.05, 3.63) is 49.0 Å². The summed E-state index contributed by atoms with van der Waals surface area (Å²) in [5, 5.41) is 2.81. The minimum atomic E-state index is -0.333. The van der Waals surface area contributed by atoms with Crippen molar-refractivity contribution in [2.24, 2.45) is 0 Å². The van der Waals surface area contributed by atoms with Crippen LogP contribution >= 0.6 is 43.2 Å². The molecule has 1 N–H and O–H groups in total. The molecule has 25 heavy (non-hydrogen) atoms. The number of carbonyl (C=O) groups excluding carboxylic acids is 2. The van der Waals surface area contributed by atoms with Gasteiger partial charge in [-0.15, -0.1) is 11.3 Å². The van der Waals surface area contributed by atoms with Crippen molar-refractivity contribution < 1.29 is 14.3 Å². The first-order chi connectivity index (χ1) is 12.0. The summed E-state index contributed by atoms with van der Waals surface area (Å²) in [6.45, 7) is 2.59. The number of anilines is 1. The molecule has 0 radical (unpaired) electrons. The molecule has 2 aromatic rings. The molecule has 1 aromatic carbocycles. The predicted molar refractivity (Wildman–Crippen MR) is 109 cm³/mol. The highest BCUT2D eigenvalue weighted by molar-refractivity contribution is 9.13. The summed E-state index contributed by atoms with van der Waals surface area (Å²) in [4.78, 5) is 24.7. The molecule has 1 heterocycles. The number of hydrogen-bond acceptors (Lipinski definition) is 4. The fraction of sp³-hybridized carbons (Fsp3) is 0.333.